The summed E-state index contributed by atoms with van der Waals surface area (Å²) in [5.41, 5.74) is 3.99. The maximum Gasteiger partial charge on any atom is 0.338 e. The van der Waals surface area contributed by atoms with Crippen molar-refractivity contribution in [1.82, 2.24) is 0 Å². The van der Waals surface area contributed by atoms with Crippen molar-refractivity contribution in [2.45, 2.75) is 39.1 Å². The van der Waals surface area contributed by atoms with E-state index in [4.69, 9.17) is 14.2 Å². The van der Waals surface area contributed by atoms with Crippen LogP contribution in [0.2, 0.25) is 0 Å². The largest absolute Gasteiger partial charge is 0.456 e. The van der Waals surface area contributed by atoms with Crippen molar-refractivity contribution >= 4 is 11.9 Å². The van der Waals surface area contributed by atoms with Crippen LogP contribution in [0.15, 0.2) is 47.2 Å². The van der Waals surface area contributed by atoms with E-state index >= 15 is 0 Å². The Bertz CT molecular complexity index is 819. The van der Waals surface area contributed by atoms with Crippen LogP contribution in [0, 0.1) is 5.92 Å². The number of fused-ring (bicyclic) bond motifs is 3. The summed E-state index contributed by atoms with van der Waals surface area (Å²) in [6.07, 6.45) is 1.90. The minimum atomic E-state index is -1.17. The molecule has 1 saturated heterocycles. The summed E-state index contributed by atoms with van der Waals surface area (Å²) in [4.78, 5) is 23.9. The number of hydrogen-bond donors (Lipinski definition) is 0. The third kappa shape index (κ3) is 2.00. The van der Waals surface area contributed by atoms with Crippen molar-refractivity contribution in [3.63, 3.8) is 0 Å². The molecule has 3 aliphatic rings. The zero-order valence-corrected chi connectivity index (χ0v) is 13.8. The Hall–Kier alpha value is -2.56. The van der Waals surface area contributed by atoms with Gasteiger partial charge in [0.15, 0.2) is 0 Å². The van der Waals surface area contributed by atoms with Gasteiger partial charge < -0.3 is 14.2 Å². The van der Waals surface area contributed by atoms with Crippen LogP contribution >= 0.6 is 0 Å². The highest BCUT2D eigenvalue weighted by Gasteiger charge is 2.47. The van der Waals surface area contributed by atoms with Crippen LogP contribution in [0.25, 0.3) is 0 Å². The van der Waals surface area contributed by atoms with Crippen LogP contribution in [0.3, 0.4) is 0 Å². The fraction of sp³-hybridized carbons (Fsp3) is 0.368. The number of benzene rings is 1. The highest BCUT2D eigenvalue weighted by atomic mass is 16.7. The summed E-state index contributed by atoms with van der Waals surface area (Å²) in [6.45, 7) is 5.17. The molecule has 2 aliphatic heterocycles. The summed E-state index contributed by atoms with van der Waals surface area (Å²) in [5.74, 6) is -1.99. The van der Waals surface area contributed by atoms with Crippen LogP contribution in [0.5, 0.6) is 0 Å². The average molecular weight is 326 g/mol. The fourth-order valence-corrected chi connectivity index (χ4v) is 3.56. The summed E-state index contributed by atoms with van der Waals surface area (Å²) in [5, 5.41) is 0. The van der Waals surface area contributed by atoms with Crippen LogP contribution in [-0.4, -0.2) is 17.7 Å². The van der Waals surface area contributed by atoms with Crippen LogP contribution < -0.4 is 0 Å². The molecular weight excluding hydrogens is 308 g/mol. The van der Waals surface area contributed by atoms with Gasteiger partial charge in [-0.1, -0.05) is 24.3 Å². The van der Waals surface area contributed by atoms with Gasteiger partial charge in [-0.15, -0.1) is 0 Å². The Kier molecular flexibility index (Phi) is 3.10. The highest BCUT2D eigenvalue weighted by molar-refractivity contribution is 5.93. The van der Waals surface area contributed by atoms with E-state index in [0.717, 1.165) is 12.0 Å². The van der Waals surface area contributed by atoms with Gasteiger partial charge in [-0.25, -0.2) is 9.59 Å². The van der Waals surface area contributed by atoms with Crippen molar-refractivity contribution in [2.75, 3.05) is 0 Å². The van der Waals surface area contributed by atoms with Gasteiger partial charge in [0.1, 0.15) is 6.10 Å². The molecule has 1 aliphatic carbocycles. The van der Waals surface area contributed by atoms with Gasteiger partial charge in [0.2, 0.25) is 0 Å². The quantitative estimate of drug-likeness (QED) is 0.475. The summed E-state index contributed by atoms with van der Waals surface area (Å²) in [6, 6.07) is 7.98. The second kappa shape index (κ2) is 4.97. The normalized spacial score (nSPS) is 32.7. The summed E-state index contributed by atoms with van der Waals surface area (Å²) < 4.78 is 16.6. The maximum atomic E-state index is 12.2. The first-order valence-corrected chi connectivity index (χ1v) is 7.98. The van der Waals surface area contributed by atoms with Gasteiger partial charge in [0, 0.05) is 24.0 Å². The molecule has 3 atom stereocenters. The molecule has 1 aromatic rings. The smallest absolute Gasteiger partial charge is 0.338 e. The molecule has 2 heterocycles. The van der Waals surface area contributed by atoms with Gasteiger partial charge in [-0.2, -0.15) is 0 Å². The van der Waals surface area contributed by atoms with Crippen molar-refractivity contribution in [3.05, 3.63) is 58.4 Å². The van der Waals surface area contributed by atoms with E-state index in [1.807, 2.05) is 18.2 Å². The molecule has 0 N–H and O–H groups in total. The number of esters is 2. The van der Waals surface area contributed by atoms with Crippen LogP contribution in [0.4, 0.5) is 0 Å². The van der Waals surface area contributed by atoms with E-state index < -0.39 is 11.8 Å². The molecule has 124 valence electrons. The Labute approximate surface area is 139 Å². The second-order valence-corrected chi connectivity index (χ2v) is 6.61. The average Bonchev–Trinajstić information content (AvgIpc) is 3.12. The molecule has 4 rings (SSSR count). The molecule has 3 unspecified atom stereocenters. The number of ether oxygens (including phenoxy) is 3. The molecule has 5 heteroatoms. The van der Waals surface area contributed by atoms with Crippen molar-refractivity contribution in [1.29, 1.82) is 0 Å². The Morgan fingerprint density at radius 3 is 2.67 bits per heavy atom. The fourth-order valence-electron chi connectivity index (χ4n) is 3.56. The molecule has 0 spiro atoms. The van der Waals surface area contributed by atoms with Crippen LogP contribution in [-0.2, 0) is 30.2 Å². The molecule has 0 radical (unpaired) electrons. The van der Waals surface area contributed by atoms with Gasteiger partial charge in [0.05, 0.1) is 11.8 Å². The molecular formula is C19H18O5. The number of carbonyl (C=O) groups is 2. The highest BCUT2D eigenvalue weighted by Crippen LogP contribution is 2.48. The number of carbonyl (C=O) groups excluding carboxylic acids is 2. The Morgan fingerprint density at radius 1 is 1.21 bits per heavy atom. The van der Waals surface area contributed by atoms with Gasteiger partial charge in [-0.05, 0) is 31.4 Å². The lowest BCUT2D eigenvalue weighted by atomic mass is 9.98. The van der Waals surface area contributed by atoms with E-state index in [1.165, 1.54) is 11.8 Å². The molecule has 0 saturated carbocycles. The van der Waals surface area contributed by atoms with Crippen molar-refractivity contribution in [2.24, 2.45) is 5.92 Å². The molecule has 0 bridgehead atoms. The Morgan fingerprint density at radius 2 is 1.96 bits per heavy atom. The molecule has 1 aromatic carbocycles. The molecule has 5 nitrogen and oxygen atoms in total. The first kappa shape index (κ1) is 15.0. The molecule has 0 amide bonds. The zero-order chi connectivity index (χ0) is 17.1. The Balaban J connectivity index is 1.61. The van der Waals surface area contributed by atoms with E-state index in [2.05, 4.69) is 6.07 Å². The predicted molar refractivity (Wildman–Crippen MR) is 84.5 cm³/mol. The number of hydrogen-bond acceptors (Lipinski definition) is 5. The third-order valence-corrected chi connectivity index (χ3v) is 5.28. The SMILES string of the molecule is CC1=C(C)C(C)(O/C=C2/C(=O)OC3c4ccccc4CC23)OC1=O. The first-order valence-electron chi connectivity index (χ1n) is 7.98. The lowest BCUT2D eigenvalue weighted by molar-refractivity contribution is -0.177. The lowest BCUT2D eigenvalue weighted by Crippen LogP contribution is -2.29. The number of rotatable bonds is 2. The molecule has 1 fully saturated rings. The van der Waals surface area contributed by atoms with Crippen LogP contribution in [0.1, 0.15) is 38.0 Å². The molecule has 0 aromatic heterocycles. The summed E-state index contributed by atoms with van der Waals surface area (Å²) in [7, 11) is 0. The minimum Gasteiger partial charge on any atom is -0.456 e. The maximum absolute atomic E-state index is 12.2. The molecule has 24 heavy (non-hydrogen) atoms. The van der Waals surface area contributed by atoms with Gasteiger partial charge >= 0.3 is 11.9 Å². The van der Waals surface area contributed by atoms with E-state index in [-0.39, 0.29) is 18.0 Å². The van der Waals surface area contributed by atoms with E-state index in [1.54, 1.807) is 20.8 Å². The predicted octanol–water partition coefficient (Wildman–Crippen LogP) is 2.97. The first-order chi connectivity index (χ1) is 11.4. The lowest BCUT2D eigenvalue weighted by Gasteiger charge is -2.24. The van der Waals surface area contributed by atoms with Crippen molar-refractivity contribution in [3.8, 4) is 0 Å². The van der Waals surface area contributed by atoms with Gasteiger partial charge in [0.25, 0.3) is 5.79 Å². The number of cyclic esters (lactones) is 1. The van der Waals surface area contributed by atoms with E-state index in [0.29, 0.717) is 16.7 Å². The van der Waals surface area contributed by atoms with E-state index in [9.17, 15) is 9.59 Å². The third-order valence-electron chi connectivity index (χ3n) is 5.28. The minimum absolute atomic E-state index is 0.0546. The standard InChI is InChI=1S/C19H18O5/c1-10-11(2)19(3,24-17(10)20)22-9-15-14-8-12-6-4-5-7-13(12)16(14)23-18(15)21/h4-7,9,14,16H,8H2,1-3H3/b15-9+. The van der Waals surface area contributed by atoms with Crippen molar-refractivity contribution < 1.29 is 23.8 Å². The summed E-state index contributed by atoms with van der Waals surface area (Å²) >= 11 is 0. The van der Waals surface area contributed by atoms with Gasteiger partial charge in [-0.3, -0.25) is 0 Å². The monoisotopic (exact) mass is 326 g/mol. The topological polar surface area (TPSA) is 61.8 Å². The zero-order valence-electron chi connectivity index (χ0n) is 13.8. The second-order valence-electron chi connectivity index (χ2n) is 6.61.